The number of hydrogen-bond donors (Lipinski definition) is 0. The van der Waals surface area contributed by atoms with Gasteiger partial charge in [0.15, 0.2) is 0 Å². The average Bonchev–Trinajstić information content (AvgIpc) is 1.54. The Kier molecular flexibility index (Phi) is 12.6. The molecule has 0 amide bonds. The molecule has 0 fully saturated rings. The number of fused-ring (bicyclic) bond motifs is 12. The van der Waals surface area contributed by atoms with E-state index in [1.165, 1.54) is 99.7 Å². The maximum absolute atomic E-state index is 6.54. The molecule has 0 saturated carbocycles. The molecule has 14 aromatic carbocycles. The van der Waals surface area contributed by atoms with Gasteiger partial charge in [0, 0.05) is 77.6 Å². The number of furan rings is 1. The Balaban J connectivity index is 0.735. The monoisotopic (exact) mass is 1200 g/mol. The first-order valence-electron chi connectivity index (χ1n) is 32.7. The number of hydrogen-bond acceptors (Lipinski definition) is 3. The van der Waals surface area contributed by atoms with Gasteiger partial charge in [-0.05, 0) is 193 Å². The van der Waals surface area contributed by atoms with E-state index in [2.05, 4.69) is 358 Å². The Morgan fingerprint density at radius 3 is 1.40 bits per heavy atom. The summed E-state index contributed by atoms with van der Waals surface area (Å²) in [5.74, 6) is 0. The summed E-state index contributed by atoms with van der Waals surface area (Å²) >= 11 is 0. The third-order valence-corrected chi connectivity index (χ3v) is 20.4. The molecule has 0 spiro atoms. The second-order valence-corrected chi connectivity index (χ2v) is 26.4. The first kappa shape index (κ1) is 55.1. The maximum atomic E-state index is 6.54. The summed E-state index contributed by atoms with van der Waals surface area (Å²) in [6.45, 7) is 9.69. The van der Waals surface area contributed by atoms with Crippen molar-refractivity contribution in [3.05, 3.63) is 344 Å². The summed E-state index contributed by atoms with van der Waals surface area (Å²) in [6, 6.07) is 118. The number of rotatable bonds is 11. The molecule has 16 aromatic rings. The molecule has 94 heavy (non-hydrogen) atoms. The van der Waals surface area contributed by atoms with Crippen molar-refractivity contribution in [2.45, 2.75) is 38.5 Å². The molecule has 0 bridgehead atoms. The first-order valence-corrected chi connectivity index (χ1v) is 32.7. The molecular weight excluding hydrogens is 1140 g/mol. The average molecular weight is 1200 g/mol. The molecule has 0 saturated heterocycles. The number of benzene rings is 14. The van der Waals surface area contributed by atoms with Crippen LogP contribution in [0.5, 0.6) is 0 Å². The van der Waals surface area contributed by atoms with Crippen LogP contribution < -0.4 is 9.80 Å². The Labute approximate surface area is 548 Å². The van der Waals surface area contributed by atoms with Crippen molar-refractivity contribution < 1.29 is 4.42 Å². The van der Waals surface area contributed by atoms with E-state index in [1.807, 2.05) is 6.07 Å². The fourth-order valence-corrected chi connectivity index (χ4v) is 15.6. The minimum Gasteiger partial charge on any atom is -0.455 e. The maximum Gasteiger partial charge on any atom is 0.143 e. The minimum absolute atomic E-state index is 0.289. The molecule has 446 valence electrons. The second kappa shape index (κ2) is 21.4. The lowest BCUT2D eigenvalue weighted by Crippen LogP contribution is -2.17. The highest BCUT2D eigenvalue weighted by Crippen LogP contribution is 2.60. The Hall–Kier alpha value is -11.7. The number of nitrogens with zero attached hydrogens (tertiary/aromatic N) is 3. The molecule has 0 unspecified atom stereocenters. The fourth-order valence-electron chi connectivity index (χ4n) is 15.6. The van der Waals surface area contributed by atoms with Gasteiger partial charge in [-0.15, -0.1) is 0 Å². The predicted octanol–water partition coefficient (Wildman–Crippen LogP) is 24.9. The van der Waals surface area contributed by atoms with Crippen molar-refractivity contribution in [2.24, 2.45) is 0 Å². The lowest BCUT2D eigenvalue weighted by atomic mass is 9.79. The first-order chi connectivity index (χ1) is 46.1. The molecule has 0 aliphatic heterocycles. The summed E-state index contributed by atoms with van der Waals surface area (Å²) in [4.78, 5) is 4.91. The normalized spacial score (nSPS) is 13.3. The highest BCUT2D eigenvalue weighted by atomic mass is 16.3. The van der Waals surface area contributed by atoms with Gasteiger partial charge in [0.05, 0.1) is 16.7 Å². The number of anilines is 6. The Morgan fingerprint density at radius 2 is 0.745 bits per heavy atom. The molecule has 2 heterocycles. The van der Waals surface area contributed by atoms with Gasteiger partial charge >= 0.3 is 0 Å². The van der Waals surface area contributed by atoms with Crippen molar-refractivity contribution in [3.8, 4) is 72.4 Å². The fraction of sp³-hybridized carbons (Fsp3) is 0.0667. The number of para-hydroxylation sites is 4. The molecule has 4 nitrogen and oxygen atoms in total. The lowest BCUT2D eigenvalue weighted by molar-refractivity contribution is 0.652. The van der Waals surface area contributed by atoms with Crippen molar-refractivity contribution in [2.75, 3.05) is 9.80 Å². The van der Waals surface area contributed by atoms with Crippen molar-refractivity contribution in [3.63, 3.8) is 0 Å². The Bertz CT molecular complexity index is 5620. The van der Waals surface area contributed by atoms with Crippen LogP contribution in [0.2, 0.25) is 0 Å². The van der Waals surface area contributed by atoms with Crippen LogP contribution in [-0.2, 0) is 10.8 Å². The quantitative estimate of drug-likeness (QED) is 0.129. The van der Waals surface area contributed by atoms with Crippen LogP contribution >= 0.6 is 0 Å². The van der Waals surface area contributed by atoms with E-state index < -0.39 is 0 Å². The molecule has 18 rings (SSSR count). The minimum atomic E-state index is -0.336. The van der Waals surface area contributed by atoms with Gasteiger partial charge in [0.2, 0.25) is 0 Å². The zero-order chi connectivity index (χ0) is 62.8. The van der Waals surface area contributed by atoms with Gasteiger partial charge < -0.3 is 18.8 Å². The van der Waals surface area contributed by atoms with E-state index in [9.17, 15) is 0 Å². The van der Waals surface area contributed by atoms with Crippen molar-refractivity contribution >= 4 is 77.9 Å². The van der Waals surface area contributed by atoms with Crippen LogP contribution in [0.15, 0.2) is 326 Å². The van der Waals surface area contributed by atoms with E-state index >= 15 is 0 Å². The molecular formula is C90H65N3O. The topological polar surface area (TPSA) is 24.6 Å². The third kappa shape index (κ3) is 8.74. The molecule has 2 aliphatic carbocycles. The van der Waals surface area contributed by atoms with Gasteiger partial charge in [-0.1, -0.05) is 234 Å². The van der Waals surface area contributed by atoms with Crippen LogP contribution in [0.1, 0.15) is 49.9 Å². The summed E-state index contributed by atoms with van der Waals surface area (Å²) in [5.41, 5.74) is 31.1. The second-order valence-electron chi connectivity index (χ2n) is 26.4. The largest absolute Gasteiger partial charge is 0.455 e. The summed E-state index contributed by atoms with van der Waals surface area (Å²) < 4.78 is 8.93. The Morgan fingerprint density at radius 1 is 0.277 bits per heavy atom. The summed E-state index contributed by atoms with van der Waals surface area (Å²) in [5, 5.41) is 4.74. The van der Waals surface area contributed by atoms with Gasteiger partial charge in [-0.3, -0.25) is 0 Å². The molecule has 0 atom stereocenters. The van der Waals surface area contributed by atoms with E-state index in [0.29, 0.717) is 0 Å². The van der Waals surface area contributed by atoms with Gasteiger partial charge in [-0.25, -0.2) is 0 Å². The van der Waals surface area contributed by atoms with E-state index in [4.69, 9.17) is 4.42 Å². The van der Waals surface area contributed by atoms with E-state index in [-0.39, 0.29) is 10.8 Å². The smallest absolute Gasteiger partial charge is 0.143 e. The molecule has 0 radical (unpaired) electrons. The van der Waals surface area contributed by atoms with Crippen LogP contribution in [0.25, 0.3) is 116 Å². The molecule has 0 N–H and O–H groups in total. The standard InChI is InChI=1S/C90H65N3O/c1-89(2)79-30-19-32-85(92(68-45-36-61(37-46-68)59-22-10-6-11-23-59)69-47-38-62(39-48-69)64-42-53-84-77(54-64)73-26-14-16-31-83(73)93(84)65-24-12-7-13-25-65)87(79)78-57-81-76(56-82(78)89)72-52-51-70(55-80(72)90(81,3)4)91(66-43-34-60(35-44-66)58-20-8-5-9-21-58)67-49-40-63(41-50-67)71-28-18-29-75-74-27-15-17-33-86(74)94-88(71)75/h5-57H,1-4H3. The summed E-state index contributed by atoms with van der Waals surface area (Å²) in [6.07, 6.45) is 0. The molecule has 4 heteroatoms. The lowest BCUT2D eigenvalue weighted by Gasteiger charge is -2.29. The van der Waals surface area contributed by atoms with Gasteiger partial charge in [0.1, 0.15) is 11.2 Å². The SMILES string of the molecule is CC1(C)c2cc(N(c3ccc(-c4ccccc4)cc3)c3ccc(-c4cccc5c4oc4ccccc45)cc3)ccc2-c2cc3c(cc21)-c1c(N(c2ccc(-c4ccccc4)cc2)c2ccc(-c4ccc5c(c4)c4ccccc4n5-c4ccccc4)cc2)cccc1C3(C)C. The highest BCUT2D eigenvalue weighted by Gasteiger charge is 2.43. The number of aromatic nitrogens is 1. The third-order valence-electron chi connectivity index (χ3n) is 20.4. The zero-order valence-electron chi connectivity index (χ0n) is 52.8. The van der Waals surface area contributed by atoms with Crippen molar-refractivity contribution in [1.29, 1.82) is 0 Å². The van der Waals surface area contributed by atoms with Gasteiger partial charge in [-0.2, -0.15) is 0 Å². The van der Waals surface area contributed by atoms with Crippen LogP contribution in [0.3, 0.4) is 0 Å². The van der Waals surface area contributed by atoms with Crippen molar-refractivity contribution in [1.82, 2.24) is 4.57 Å². The van der Waals surface area contributed by atoms with Crippen LogP contribution in [0, 0.1) is 0 Å². The van der Waals surface area contributed by atoms with Gasteiger partial charge in [0.25, 0.3) is 0 Å². The predicted molar refractivity (Wildman–Crippen MR) is 394 cm³/mol. The highest BCUT2D eigenvalue weighted by molar-refractivity contribution is 6.11. The van der Waals surface area contributed by atoms with E-state index in [0.717, 1.165) is 72.9 Å². The summed E-state index contributed by atoms with van der Waals surface area (Å²) in [7, 11) is 0. The molecule has 2 aliphatic rings. The zero-order valence-corrected chi connectivity index (χ0v) is 52.8. The van der Waals surface area contributed by atoms with Crippen LogP contribution in [-0.4, -0.2) is 4.57 Å². The molecule has 2 aromatic heterocycles. The van der Waals surface area contributed by atoms with E-state index in [1.54, 1.807) is 0 Å². The van der Waals surface area contributed by atoms with Crippen LogP contribution in [0.4, 0.5) is 34.1 Å².